The molecule has 0 spiro atoms. The molecule has 0 aliphatic heterocycles. The molecule has 19 heavy (non-hydrogen) atoms. The Labute approximate surface area is 114 Å². The molecular formula is C11H13ClN2O5. The smallest absolute Gasteiger partial charge is 0.328 e. The summed E-state index contributed by atoms with van der Waals surface area (Å²) in [4.78, 5) is 22.2. The quantitative estimate of drug-likeness (QED) is 0.644. The van der Waals surface area contributed by atoms with Crippen LogP contribution in [0, 0.1) is 0 Å². The molecule has 0 aliphatic carbocycles. The fourth-order valence-corrected chi connectivity index (χ4v) is 1.39. The lowest BCUT2D eigenvalue weighted by atomic mass is 10.3. The van der Waals surface area contributed by atoms with Crippen LogP contribution in [0.1, 0.15) is 0 Å². The van der Waals surface area contributed by atoms with Crippen LogP contribution >= 0.6 is 11.6 Å². The minimum absolute atomic E-state index is 0.264. The average molecular weight is 289 g/mol. The molecule has 104 valence electrons. The highest BCUT2D eigenvalue weighted by Crippen LogP contribution is 2.26. The Bertz CT molecular complexity index is 480. The van der Waals surface area contributed by atoms with Crippen molar-refractivity contribution in [2.75, 3.05) is 19.0 Å². The minimum Gasteiger partial charge on any atom is -0.497 e. The fourth-order valence-electron chi connectivity index (χ4n) is 1.23. The van der Waals surface area contributed by atoms with E-state index in [1.54, 1.807) is 6.07 Å². The van der Waals surface area contributed by atoms with Crippen LogP contribution < -0.4 is 15.4 Å². The van der Waals surface area contributed by atoms with E-state index in [2.05, 4.69) is 10.6 Å². The fraction of sp³-hybridized carbons (Fsp3) is 0.273. The van der Waals surface area contributed by atoms with E-state index in [-0.39, 0.29) is 10.7 Å². The molecule has 2 amide bonds. The number of benzene rings is 1. The van der Waals surface area contributed by atoms with Gasteiger partial charge < -0.3 is 25.6 Å². The predicted molar refractivity (Wildman–Crippen MR) is 68.7 cm³/mol. The van der Waals surface area contributed by atoms with Gasteiger partial charge in [-0.25, -0.2) is 9.59 Å². The Morgan fingerprint density at radius 2 is 2.16 bits per heavy atom. The van der Waals surface area contributed by atoms with Crippen molar-refractivity contribution in [3.05, 3.63) is 23.2 Å². The second-order valence-electron chi connectivity index (χ2n) is 3.52. The highest BCUT2D eigenvalue weighted by atomic mass is 35.5. The predicted octanol–water partition coefficient (Wildman–Crippen LogP) is 0.916. The van der Waals surface area contributed by atoms with E-state index >= 15 is 0 Å². The van der Waals surface area contributed by atoms with Crippen LogP contribution in [-0.2, 0) is 4.79 Å². The molecule has 4 N–H and O–H groups in total. The van der Waals surface area contributed by atoms with Crippen LogP contribution in [0.5, 0.6) is 5.75 Å². The van der Waals surface area contributed by atoms with Crippen LogP contribution in [0.2, 0.25) is 5.02 Å². The summed E-state index contributed by atoms with van der Waals surface area (Å²) in [5.41, 5.74) is 0.264. The number of carbonyl (C=O) groups excluding carboxylic acids is 1. The second-order valence-corrected chi connectivity index (χ2v) is 3.92. The Morgan fingerprint density at radius 3 is 2.68 bits per heavy atom. The Balaban J connectivity index is 2.73. The third-order valence-electron chi connectivity index (χ3n) is 2.21. The summed E-state index contributed by atoms with van der Waals surface area (Å²) in [6.07, 6.45) is 0. The highest BCUT2D eigenvalue weighted by Gasteiger charge is 2.19. The van der Waals surface area contributed by atoms with Crippen LogP contribution in [0.15, 0.2) is 18.2 Å². The number of hydrogen-bond donors (Lipinski definition) is 4. The zero-order valence-electron chi connectivity index (χ0n) is 10.0. The summed E-state index contributed by atoms with van der Waals surface area (Å²) in [7, 11) is 1.46. The number of carbonyl (C=O) groups is 2. The first kappa shape index (κ1) is 15.1. The molecule has 7 nitrogen and oxygen atoms in total. The van der Waals surface area contributed by atoms with Gasteiger partial charge in [-0.3, -0.25) is 0 Å². The van der Waals surface area contributed by atoms with E-state index in [1.807, 2.05) is 0 Å². The van der Waals surface area contributed by atoms with Crippen LogP contribution in [0.25, 0.3) is 0 Å². The van der Waals surface area contributed by atoms with Gasteiger partial charge in [0.05, 0.1) is 24.4 Å². The van der Waals surface area contributed by atoms with Crippen molar-refractivity contribution in [2.45, 2.75) is 6.04 Å². The maximum Gasteiger partial charge on any atom is 0.328 e. The van der Waals surface area contributed by atoms with Crippen LogP contribution in [0.3, 0.4) is 0 Å². The molecule has 0 radical (unpaired) electrons. The van der Waals surface area contributed by atoms with E-state index in [4.69, 9.17) is 26.6 Å². The molecule has 1 aromatic carbocycles. The lowest BCUT2D eigenvalue weighted by molar-refractivity contribution is -0.140. The highest BCUT2D eigenvalue weighted by molar-refractivity contribution is 6.33. The van der Waals surface area contributed by atoms with E-state index in [0.29, 0.717) is 5.75 Å². The SMILES string of the molecule is COc1ccc(Cl)c(NC(=O)N[C@H](CO)C(=O)O)c1. The first-order valence-electron chi connectivity index (χ1n) is 5.22. The molecule has 1 rings (SSSR count). The van der Waals surface area contributed by atoms with Gasteiger partial charge in [0, 0.05) is 6.07 Å². The lowest BCUT2D eigenvalue weighted by Crippen LogP contribution is -2.45. The number of urea groups is 1. The number of rotatable bonds is 5. The monoisotopic (exact) mass is 288 g/mol. The van der Waals surface area contributed by atoms with Gasteiger partial charge in [-0.2, -0.15) is 0 Å². The van der Waals surface area contributed by atoms with Crippen molar-refractivity contribution in [3.8, 4) is 5.75 Å². The van der Waals surface area contributed by atoms with Gasteiger partial charge in [0.15, 0.2) is 6.04 Å². The molecule has 0 aliphatic rings. The van der Waals surface area contributed by atoms with Crippen molar-refractivity contribution >= 4 is 29.3 Å². The van der Waals surface area contributed by atoms with Gasteiger partial charge in [0.25, 0.3) is 0 Å². The number of ether oxygens (including phenoxy) is 1. The number of aliphatic hydroxyl groups excluding tert-OH is 1. The number of anilines is 1. The maximum absolute atomic E-state index is 11.5. The zero-order valence-corrected chi connectivity index (χ0v) is 10.8. The molecule has 1 aromatic rings. The van der Waals surface area contributed by atoms with Crippen molar-refractivity contribution < 1.29 is 24.5 Å². The summed E-state index contributed by atoms with van der Waals surface area (Å²) in [5, 5.41) is 22.2. The summed E-state index contributed by atoms with van der Waals surface area (Å²) < 4.78 is 4.97. The summed E-state index contributed by atoms with van der Waals surface area (Å²) in [5.74, 6) is -0.856. The molecule has 0 bridgehead atoms. The van der Waals surface area contributed by atoms with Gasteiger partial charge in [0.2, 0.25) is 0 Å². The molecule has 0 unspecified atom stereocenters. The van der Waals surface area contributed by atoms with E-state index in [1.165, 1.54) is 19.2 Å². The van der Waals surface area contributed by atoms with E-state index < -0.39 is 24.6 Å². The molecule has 0 saturated heterocycles. The number of carboxylic acids is 1. The van der Waals surface area contributed by atoms with E-state index in [0.717, 1.165) is 0 Å². The van der Waals surface area contributed by atoms with Crippen molar-refractivity contribution in [1.29, 1.82) is 0 Å². The van der Waals surface area contributed by atoms with Gasteiger partial charge in [-0.15, -0.1) is 0 Å². The number of amides is 2. The third kappa shape index (κ3) is 4.31. The molecule has 8 heteroatoms. The zero-order chi connectivity index (χ0) is 14.4. The minimum atomic E-state index is -1.38. The van der Waals surface area contributed by atoms with E-state index in [9.17, 15) is 9.59 Å². The molecule has 0 heterocycles. The summed E-state index contributed by atoms with van der Waals surface area (Å²) in [6, 6.07) is 2.44. The molecule has 0 fully saturated rings. The van der Waals surface area contributed by atoms with Crippen molar-refractivity contribution in [1.82, 2.24) is 5.32 Å². The topological polar surface area (TPSA) is 108 Å². The third-order valence-corrected chi connectivity index (χ3v) is 2.54. The number of aliphatic hydroxyl groups is 1. The van der Waals surface area contributed by atoms with Gasteiger partial charge in [-0.05, 0) is 12.1 Å². The van der Waals surface area contributed by atoms with Crippen molar-refractivity contribution in [3.63, 3.8) is 0 Å². The number of halogens is 1. The van der Waals surface area contributed by atoms with Gasteiger partial charge in [0.1, 0.15) is 5.75 Å². The Hall–Kier alpha value is -1.99. The summed E-state index contributed by atoms with van der Waals surface area (Å²) in [6.45, 7) is -0.714. The Kier molecular flexibility index (Phi) is 5.40. The normalized spacial score (nSPS) is 11.5. The molecular weight excluding hydrogens is 276 g/mol. The maximum atomic E-state index is 11.5. The number of methoxy groups -OCH3 is 1. The number of carboxylic acid groups (broad SMARTS) is 1. The average Bonchev–Trinajstić information content (AvgIpc) is 2.38. The van der Waals surface area contributed by atoms with Gasteiger partial charge >= 0.3 is 12.0 Å². The number of aliphatic carboxylic acids is 1. The molecule has 0 saturated carbocycles. The second kappa shape index (κ2) is 6.81. The first-order chi connectivity index (χ1) is 8.97. The van der Waals surface area contributed by atoms with Crippen molar-refractivity contribution in [2.24, 2.45) is 0 Å². The largest absolute Gasteiger partial charge is 0.497 e. The molecule has 0 aromatic heterocycles. The Morgan fingerprint density at radius 1 is 1.47 bits per heavy atom. The summed E-state index contributed by atoms with van der Waals surface area (Å²) >= 11 is 5.87. The van der Waals surface area contributed by atoms with Crippen LogP contribution in [-0.4, -0.2) is 42.0 Å². The van der Waals surface area contributed by atoms with Crippen LogP contribution in [0.4, 0.5) is 10.5 Å². The first-order valence-corrected chi connectivity index (χ1v) is 5.60. The van der Waals surface area contributed by atoms with Gasteiger partial charge in [-0.1, -0.05) is 11.6 Å². The standard InChI is InChI=1S/C11H13ClN2O5/c1-19-6-2-3-7(12)8(4-6)13-11(18)14-9(5-15)10(16)17/h2-4,9,15H,5H2,1H3,(H,16,17)(H2,13,14,18)/t9-/m1/s1. The lowest BCUT2D eigenvalue weighted by Gasteiger charge is -2.13. The number of nitrogens with one attached hydrogen (secondary N) is 2. The number of hydrogen-bond acceptors (Lipinski definition) is 4. The molecule has 1 atom stereocenters.